The van der Waals surface area contributed by atoms with Crippen LogP contribution in [0.1, 0.15) is 45.1 Å². The van der Waals surface area contributed by atoms with Crippen LogP contribution in [0.5, 0.6) is 0 Å². The largest absolute Gasteiger partial charge is 0.340 e. The van der Waals surface area contributed by atoms with Gasteiger partial charge in [0.2, 0.25) is 11.8 Å². The number of rotatable bonds is 3. The van der Waals surface area contributed by atoms with Gasteiger partial charge in [-0.1, -0.05) is 51.1 Å². The van der Waals surface area contributed by atoms with E-state index in [1.165, 1.54) is 5.56 Å². The molecule has 3 rings (SSSR count). The normalized spacial score (nSPS) is 20.6. The number of benzene rings is 1. The molecule has 2 aliphatic rings. The number of amides is 2. The summed E-state index contributed by atoms with van der Waals surface area (Å²) in [6, 6.07) is 10.0. The van der Waals surface area contributed by atoms with Crippen molar-refractivity contribution in [3.63, 3.8) is 0 Å². The van der Waals surface area contributed by atoms with Gasteiger partial charge in [-0.15, -0.1) is 0 Å². The lowest BCUT2D eigenvalue weighted by atomic mass is 9.82. The maximum absolute atomic E-state index is 13.0. The first-order valence-electron chi connectivity index (χ1n) is 8.51. The topological polar surface area (TPSA) is 40.6 Å². The van der Waals surface area contributed by atoms with Gasteiger partial charge in [0, 0.05) is 32.0 Å². The second-order valence-corrected chi connectivity index (χ2v) is 7.81. The molecule has 0 radical (unpaired) electrons. The van der Waals surface area contributed by atoms with Gasteiger partial charge < -0.3 is 9.80 Å². The Morgan fingerprint density at radius 3 is 2.35 bits per heavy atom. The number of carbonyl (C=O) groups is 2. The highest BCUT2D eigenvalue weighted by molar-refractivity contribution is 5.89. The van der Waals surface area contributed by atoms with Gasteiger partial charge in [-0.2, -0.15) is 0 Å². The summed E-state index contributed by atoms with van der Waals surface area (Å²) in [6.07, 6.45) is 1.44. The van der Waals surface area contributed by atoms with E-state index in [1.807, 2.05) is 23.1 Å². The predicted octanol–water partition coefficient (Wildman–Crippen LogP) is 2.65. The van der Waals surface area contributed by atoms with Crippen LogP contribution in [0.3, 0.4) is 0 Å². The standard InChI is InChI=1S/C19H26N2O2/c1-19(2,3)17(21-11-7-10-16(21)22)18(23)20-12-15(13-20)14-8-5-4-6-9-14/h4-6,8-9,15,17H,7,10-13H2,1-3H3. The van der Waals surface area contributed by atoms with Crippen LogP contribution >= 0.6 is 0 Å². The van der Waals surface area contributed by atoms with E-state index in [0.29, 0.717) is 18.9 Å². The van der Waals surface area contributed by atoms with Crippen molar-refractivity contribution in [2.24, 2.45) is 5.41 Å². The van der Waals surface area contributed by atoms with E-state index in [2.05, 4.69) is 32.9 Å². The monoisotopic (exact) mass is 314 g/mol. The number of carbonyl (C=O) groups excluding carboxylic acids is 2. The maximum Gasteiger partial charge on any atom is 0.245 e. The van der Waals surface area contributed by atoms with E-state index in [4.69, 9.17) is 0 Å². The Hall–Kier alpha value is -1.84. The van der Waals surface area contributed by atoms with Gasteiger partial charge in [0.05, 0.1) is 0 Å². The van der Waals surface area contributed by atoms with E-state index in [1.54, 1.807) is 4.90 Å². The SMILES string of the molecule is CC(C)(C)C(C(=O)N1CC(c2ccccc2)C1)N1CCCC1=O. The van der Waals surface area contributed by atoms with Crippen molar-refractivity contribution in [3.05, 3.63) is 35.9 Å². The molecule has 1 unspecified atom stereocenters. The highest BCUT2D eigenvalue weighted by Gasteiger charge is 2.45. The summed E-state index contributed by atoms with van der Waals surface area (Å²) in [5, 5.41) is 0. The number of hydrogen-bond acceptors (Lipinski definition) is 2. The predicted molar refractivity (Wildman–Crippen MR) is 90.0 cm³/mol. The third kappa shape index (κ3) is 3.12. The summed E-state index contributed by atoms with van der Waals surface area (Å²) in [4.78, 5) is 28.9. The molecule has 2 saturated heterocycles. The van der Waals surface area contributed by atoms with Crippen molar-refractivity contribution in [3.8, 4) is 0 Å². The van der Waals surface area contributed by atoms with E-state index < -0.39 is 0 Å². The molecule has 2 aliphatic heterocycles. The molecule has 1 atom stereocenters. The Morgan fingerprint density at radius 2 is 1.83 bits per heavy atom. The minimum Gasteiger partial charge on any atom is -0.340 e. The summed E-state index contributed by atoms with van der Waals surface area (Å²) < 4.78 is 0. The molecule has 0 aromatic heterocycles. The van der Waals surface area contributed by atoms with Gasteiger partial charge in [-0.05, 0) is 17.4 Å². The molecule has 0 saturated carbocycles. The van der Waals surface area contributed by atoms with Crippen molar-refractivity contribution < 1.29 is 9.59 Å². The third-order valence-electron chi connectivity index (χ3n) is 4.94. The van der Waals surface area contributed by atoms with Gasteiger partial charge in [0.1, 0.15) is 6.04 Å². The van der Waals surface area contributed by atoms with Gasteiger partial charge in [0.15, 0.2) is 0 Å². The molecule has 1 aromatic carbocycles. The summed E-state index contributed by atoms with van der Waals surface area (Å²) >= 11 is 0. The molecule has 2 heterocycles. The van der Waals surface area contributed by atoms with Gasteiger partial charge in [-0.25, -0.2) is 0 Å². The van der Waals surface area contributed by atoms with E-state index in [-0.39, 0.29) is 23.3 Å². The second kappa shape index (κ2) is 5.99. The molecule has 0 bridgehead atoms. The fourth-order valence-corrected chi connectivity index (χ4v) is 3.68. The molecule has 124 valence electrons. The van der Waals surface area contributed by atoms with E-state index >= 15 is 0 Å². The van der Waals surface area contributed by atoms with Gasteiger partial charge >= 0.3 is 0 Å². The lowest BCUT2D eigenvalue weighted by molar-refractivity contribution is -0.151. The van der Waals surface area contributed by atoms with Crippen LogP contribution in [-0.2, 0) is 9.59 Å². The van der Waals surface area contributed by atoms with Gasteiger partial charge in [-0.3, -0.25) is 9.59 Å². The van der Waals surface area contributed by atoms with Crippen LogP contribution < -0.4 is 0 Å². The smallest absolute Gasteiger partial charge is 0.245 e. The van der Waals surface area contributed by atoms with Crippen molar-refractivity contribution in [2.75, 3.05) is 19.6 Å². The molecule has 0 N–H and O–H groups in total. The average molecular weight is 314 g/mol. The molecular weight excluding hydrogens is 288 g/mol. The summed E-state index contributed by atoms with van der Waals surface area (Å²) in [5.41, 5.74) is 1.05. The van der Waals surface area contributed by atoms with Crippen LogP contribution in [0.15, 0.2) is 30.3 Å². The first-order chi connectivity index (χ1) is 10.9. The number of hydrogen-bond donors (Lipinski definition) is 0. The quantitative estimate of drug-likeness (QED) is 0.860. The van der Waals surface area contributed by atoms with Crippen LogP contribution in [0.2, 0.25) is 0 Å². The van der Waals surface area contributed by atoms with E-state index in [9.17, 15) is 9.59 Å². The molecular formula is C19H26N2O2. The minimum atomic E-state index is -0.339. The highest BCUT2D eigenvalue weighted by atomic mass is 16.2. The Bertz CT molecular complexity index is 585. The molecule has 2 fully saturated rings. The van der Waals surface area contributed by atoms with Crippen LogP contribution in [-0.4, -0.2) is 47.3 Å². The van der Waals surface area contributed by atoms with Crippen molar-refractivity contribution >= 4 is 11.8 Å². The second-order valence-electron chi connectivity index (χ2n) is 7.81. The molecule has 0 spiro atoms. The maximum atomic E-state index is 13.0. The minimum absolute atomic E-state index is 0.111. The lowest BCUT2D eigenvalue weighted by Gasteiger charge is -2.46. The van der Waals surface area contributed by atoms with Crippen molar-refractivity contribution in [1.82, 2.24) is 9.80 Å². The fraction of sp³-hybridized carbons (Fsp3) is 0.579. The molecule has 0 aliphatic carbocycles. The average Bonchev–Trinajstić information content (AvgIpc) is 2.83. The van der Waals surface area contributed by atoms with Crippen LogP contribution in [0, 0.1) is 5.41 Å². The molecule has 1 aromatic rings. The zero-order valence-corrected chi connectivity index (χ0v) is 14.3. The molecule has 2 amide bonds. The van der Waals surface area contributed by atoms with Crippen LogP contribution in [0.25, 0.3) is 0 Å². The first-order valence-corrected chi connectivity index (χ1v) is 8.51. The Labute approximate surface area is 138 Å². The molecule has 23 heavy (non-hydrogen) atoms. The van der Waals surface area contributed by atoms with Crippen LogP contribution in [0.4, 0.5) is 0 Å². The summed E-state index contributed by atoms with van der Waals surface area (Å²) in [5.74, 6) is 0.661. The molecule has 4 heteroatoms. The van der Waals surface area contributed by atoms with E-state index in [0.717, 1.165) is 19.5 Å². The zero-order valence-electron chi connectivity index (χ0n) is 14.3. The van der Waals surface area contributed by atoms with Gasteiger partial charge in [0.25, 0.3) is 0 Å². The zero-order chi connectivity index (χ0) is 16.6. The third-order valence-corrected chi connectivity index (χ3v) is 4.94. The summed E-state index contributed by atoms with van der Waals surface area (Å²) in [6.45, 7) is 8.39. The summed E-state index contributed by atoms with van der Waals surface area (Å²) in [7, 11) is 0. The highest BCUT2D eigenvalue weighted by Crippen LogP contribution is 2.33. The number of nitrogens with zero attached hydrogens (tertiary/aromatic N) is 2. The first kappa shape index (κ1) is 16.0. The lowest BCUT2D eigenvalue weighted by Crippen LogP contribution is -2.60. The molecule has 4 nitrogen and oxygen atoms in total. The van der Waals surface area contributed by atoms with Crippen molar-refractivity contribution in [1.29, 1.82) is 0 Å². The fourth-order valence-electron chi connectivity index (χ4n) is 3.68. The Balaban J connectivity index is 1.70. The number of likely N-dealkylation sites (tertiary alicyclic amines) is 2. The Morgan fingerprint density at radius 1 is 1.17 bits per heavy atom. The Kier molecular flexibility index (Phi) is 4.17. The van der Waals surface area contributed by atoms with Crippen molar-refractivity contribution in [2.45, 2.75) is 45.6 Å².